The number of esters is 4. The van der Waals surface area contributed by atoms with Crippen molar-refractivity contribution in [1.29, 1.82) is 0 Å². The molecule has 1 amide bonds. The van der Waals surface area contributed by atoms with Crippen LogP contribution in [0.25, 0.3) is 0 Å². The molecule has 1 aliphatic heterocycles. The van der Waals surface area contributed by atoms with Crippen molar-refractivity contribution in [2.75, 3.05) is 33.8 Å². The Morgan fingerprint density at radius 2 is 1.11 bits per heavy atom. The molecule has 0 aromatic heterocycles. The van der Waals surface area contributed by atoms with Crippen molar-refractivity contribution in [3.05, 3.63) is 228 Å². The summed E-state index contributed by atoms with van der Waals surface area (Å²) < 4.78 is 97.8. The standard InChI is InChI=1S/C16H12BrClFNO5.C15H10BrClFNO2.C10H9BrClFO2.C10H10ClFO2.C9H8ClFO2.4V.H/c1-16(15(21)24-2,10-7-6-9(18)8-12(10)19)25-14-11(17)4-3-5-13(14)20(22)23;1-15(9-6-5-8(17)7-11(9)18)14(20)19-12-4-2-3-10(16)13(12)21-15;1-10(11,9(14)15-2)7-4-3-6(12)5-8(7)13;1-6(10(13)14-2)8-4-3-7(11)5-9(8)12;1-13-9(12)4-6-2-3-7(10)5-8(6)11;;;;;/h3-8H,1-2H3;2-7H,1H3,(H,19,20);3-5H,1-2H3;3-6H,1-2H3;2-3,5H,4H2,1H3;;;;;/q;;;;;;;;;-1. The van der Waals surface area contributed by atoms with E-state index in [4.69, 9.17) is 72.2 Å². The molecule has 7 aromatic rings. The minimum atomic E-state index is -1.97. The van der Waals surface area contributed by atoms with E-state index in [0.717, 1.165) is 25.3 Å². The van der Waals surface area contributed by atoms with Crippen molar-refractivity contribution >= 4 is 147 Å². The number of hydrogen-bond acceptors (Lipinski definition) is 13. The van der Waals surface area contributed by atoms with Gasteiger partial charge in [-0.05, 0) is 150 Å². The van der Waals surface area contributed by atoms with E-state index in [2.05, 4.69) is 67.3 Å². The molecule has 1 heterocycles. The molecule has 0 saturated carbocycles. The van der Waals surface area contributed by atoms with Crippen LogP contribution in [-0.2, 0) is 139 Å². The number of carbonyl (C=O) groups is 5. The smallest absolute Gasteiger partial charge is 0.354 e. The van der Waals surface area contributed by atoms with E-state index in [0.29, 0.717) is 31.5 Å². The number of alkyl halides is 1. The van der Waals surface area contributed by atoms with Crippen molar-refractivity contribution in [3.8, 4) is 11.5 Å². The van der Waals surface area contributed by atoms with Crippen molar-refractivity contribution < 1.29 is 155 Å². The van der Waals surface area contributed by atoms with Gasteiger partial charge in [-0.3, -0.25) is 29.3 Å². The summed E-state index contributed by atoms with van der Waals surface area (Å²) in [4.78, 5) is 68.6. The summed E-state index contributed by atoms with van der Waals surface area (Å²) in [6, 6.07) is 29.7. The Balaban J connectivity index is 0. The van der Waals surface area contributed by atoms with Gasteiger partial charge in [-0.25, -0.2) is 26.7 Å². The third kappa shape index (κ3) is 23.3. The Kier molecular flexibility index (Phi) is 37.9. The number of halogens is 13. The second kappa shape index (κ2) is 39.7. The number of nitrogens with zero attached hydrogens (tertiary/aromatic N) is 1. The fourth-order valence-electron chi connectivity index (χ4n) is 7.70. The fourth-order valence-corrected chi connectivity index (χ4v) is 9.86. The van der Waals surface area contributed by atoms with E-state index in [1.165, 1.54) is 127 Å². The van der Waals surface area contributed by atoms with Gasteiger partial charge in [0.1, 0.15) is 33.4 Å². The van der Waals surface area contributed by atoms with E-state index in [-0.39, 0.29) is 135 Å². The molecule has 0 spiro atoms. The molecule has 7 aromatic carbocycles. The molecular weight excluding hydrogens is 1670 g/mol. The van der Waals surface area contributed by atoms with Gasteiger partial charge in [0, 0.05) is 128 Å². The van der Waals surface area contributed by atoms with Gasteiger partial charge in [-0.15, -0.1) is 0 Å². The number of fused-ring (bicyclic) bond motifs is 1. The van der Waals surface area contributed by atoms with Crippen LogP contribution in [-0.4, -0.2) is 63.1 Å². The topological polar surface area (TPSA) is 196 Å². The molecule has 0 bridgehead atoms. The Bertz CT molecular complexity index is 3780. The number of para-hydroxylation sites is 2. The molecule has 8 rings (SSSR count). The average Bonchev–Trinajstić information content (AvgIpc) is 0.776. The predicted molar refractivity (Wildman–Crippen MR) is 334 cm³/mol. The van der Waals surface area contributed by atoms with Crippen LogP contribution in [0.5, 0.6) is 11.5 Å². The summed E-state index contributed by atoms with van der Waals surface area (Å²) in [6.45, 7) is 5.88. The summed E-state index contributed by atoms with van der Waals surface area (Å²) in [5.41, 5.74) is -2.56. The van der Waals surface area contributed by atoms with Crippen LogP contribution in [0, 0.1) is 39.2 Å². The minimum Gasteiger partial charge on any atom is -1.00 e. The number of benzene rings is 7. The number of ether oxygens (including phenoxy) is 6. The zero-order chi connectivity index (χ0) is 66.2. The summed E-state index contributed by atoms with van der Waals surface area (Å²) in [6.07, 6.45) is -0.0699. The third-order valence-electron chi connectivity index (χ3n) is 12.4. The molecule has 4 atom stereocenters. The first kappa shape index (κ1) is 87.8. The maximum atomic E-state index is 14.4. The third-order valence-corrected chi connectivity index (χ3v) is 15.6. The predicted octanol–water partition coefficient (Wildman–Crippen LogP) is 17.4. The van der Waals surface area contributed by atoms with Crippen LogP contribution in [0.1, 0.15) is 62.9 Å². The van der Waals surface area contributed by atoms with Crippen LogP contribution in [0.4, 0.5) is 33.3 Å². The molecule has 0 saturated heterocycles. The van der Waals surface area contributed by atoms with Crippen molar-refractivity contribution in [2.24, 2.45) is 0 Å². The minimum absolute atomic E-state index is 0. The second-order valence-corrected chi connectivity index (χ2v) is 23.9. The zero-order valence-electron chi connectivity index (χ0n) is 49.9. The van der Waals surface area contributed by atoms with Gasteiger partial charge < -0.3 is 35.2 Å². The SMILES string of the molecule is CC1(c2ccc(Cl)cc2F)Oc2c(Br)cccc2NC1=O.COC(=O)C(C)(Br)c1ccc(Cl)cc1F.COC(=O)C(C)(Oc1c(Br)cccc1[N+](=O)[O-])c1ccc(Cl)cc1F.COC(=O)C(C)c1ccc(Cl)cc1F.COC(=O)Cc1ccc(Cl)cc1F.[H-].[V].[V].[V].[V]. The van der Waals surface area contributed by atoms with Gasteiger partial charge in [0.2, 0.25) is 17.0 Å². The number of nitrogens with one attached hydrogen (secondary N) is 1. The first-order chi connectivity index (χ1) is 41.2. The summed E-state index contributed by atoms with van der Waals surface area (Å²) in [5, 5.41) is 15.3. The van der Waals surface area contributed by atoms with Crippen LogP contribution in [0.2, 0.25) is 25.1 Å². The monoisotopic (exact) mass is 1720 g/mol. The summed E-state index contributed by atoms with van der Waals surface area (Å²) in [5.74, 6) is -6.17. The van der Waals surface area contributed by atoms with E-state index in [1.54, 1.807) is 31.2 Å². The number of hydrogen-bond donors (Lipinski definition) is 1. The molecule has 4 radical (unpaired) electrons. The molecule has 0 fully saturated rings. The van der Waals surface area contributed by atoms with Crippen LogP contribution in [0.15, 0.2) is 136 Å². The van der Waals surface area contributed by atoms with Crippen LogP contribution in [0.3, 0.4) is 0 Å². The maximum Gasteiger partial charge on any atom is 0.354 e. The number of methoxy groups -OCH3 is 4. The van der Waals surface area contributed by atoms with Gasteiger partial charge in [0.05, 0.1) is 60.3 Å². The number of amides is 1. The maximum absolute atomic E-state index is 14.4. The van der Waals surface area contributed by atoms with E-state index >= 15 is 0 Å². The number of nitro groups is 1. The largest absolute Gasteiger partial charge is 1.00 e. The molecule has 490 valence electrons. The quantitative estimate of drug-likeness (QED) is 0.0303. The summed E-state index contributed by atoms with van der Waals surface area (Å²) >= 11 is 37.9. The average molecular weight is 1720 g/mol. The molecule has 92 heavy (non-hydrogen) atoms. The molecular formula is C60H50Br3Cl5F5N2O13V4-. The summed E-state index contributed by atoms with van der Waals surface area (Å²) in [7, 11) is 4.88. The molecule has 15 nitrogen and oxygen atoms in total. The second-order valence-electron chi connectivity index (χ2n) is 18.4. The Labute approximate surface area is 625 Å². The van der Waals surface area contributed by atoms with Crippen LogP contribution < -0.4 is 14.8 Å². The van der Waals surface area contributed by atoms with Crippen molar-refractivity contribution in [1.82, 2.24) is 0 Å². The van der Waals surface area contributed by atoms with Crippen molar-refractivity contribution in [3.63, 3.8) is 0 Å². The molecule has 32 heteroatoms. The van der Waals surface area contributed by atoms with E-state index in [1.807, 2.05) is 0 Å². The number of rotatable bonds is 12. The Morgan fingerprint density at radius 3 is 1.59 bits per heavy atom. The first-order valence-electron chi connectivity index (χ1n) is 24.9. The molecule has 0 aliphatic carbocycles. The molecule has 4 unspecified atom stereocenters. The van der Waals surface area contributed by atoms with E-state index in [9.17, 15) is 56.0 Å². The number of nitro benzene ring substituents is 1. The van der Waals surface area contributed by atoms with Gasteiger partial charge in [0.25, 0.3) is 5.91 Å². The molecule has 1 aliphatic rings. The Hall–Kier alpha value is -4.23. The van der Waals surface area contributed by atoms with Gasteiger partial charge in [-0.1, -0.05) is 110 Å². The van der Waals surface area contributed by atoms with E-state index < -0.39 is 85.2 Å². The zero-order valence-corrected chi connectivity index (χ0v) is 63.0. The van der Waals surface area contributed by atoms with Crippen molar-refractivity contribution in [2.45, 2.75) is 55.6 Å². The number of anilines is 1. The normalized spacial score (nSPS) is 13.8. The molecule has 1 N–H and O–H groups in total. The van der Waals surface area contributed by atoms with Gasteiger partial charge in [-0.2, -0.15) is 0 Å². The fraction of sp³-hybridized carbons (Fsp3) is 0.217. The number of carbonyl (C=O) groups excluding carboxylic acids is 5. The van der Waals surface area contributed by atoms with Crippen LogP contribution >= 0.6 is 106 Å². The Morgan fingerprint density at radius 1 is 0.641 bits per heavy atom. The first-order valence-corrected chi connectivity index (χ1v) is 29.1. The van der Waals surface area contributed by atoms with Gasteiger partial charge >= 0.3 is 29.6 Å². The van der Waals surface area contributed by atoms with Gasteiger partial charge in [0.15, 0.2) is 5.75 Å².